The van der Waals surface area contributed by atoms with E-state index in [0.29, 0.717) is 19.0 Å². The van der Waals surface area contributed by atoms with Crippen molar-refractivity contribution in [3.8, 4) is 0 Å². The van der Waals surface area contributed by atoms with E-state index in [1.54, 1.807) is 12.1 Å². The van der Waals surface area contributed by atoms with Gasteiger partial charge in [-0.1, -0.05) is 26.0 Å². The van der Waals surface area contributed by atoms with Crippen LogP contribution in [-0.4, -0.2) is 73.2 Å². The van der Waals surface area contributed by atoms with Crippen molar-refractivity contribution in [1.29, 1.82) is 0 Å². The fourth-order valence-electron chi connectivity index (χ4n) is 3.29. The van der Waals surface area contributed by atoms with Crippen molar-refractivity contribution in [2.45, 2.75) is 32.9 Å². The molecule has 8 nitrogen and oxygen atoms in total. The summed E-state index contributed by atoms with van der Waals surface area (Å²) in [5.41, 5.74) is 1.03. The van der Waals surface area contributed by atoms with E-state index in [4.69, 9.17) is 4.74 Å². The first-order valence-corrected chi connectivity index (χ1v) is 12.0. The van der Waals surface area contributed by atoms with Crippen LogP contribution >= 0.6 is 35.7 Å². The third kappa shape index (κ3) is 11.4. The van der Waals surface area contributed by atoms with Crippen LogP contribution in [0, 0.1) is 16.0 Å². The lowest BCUT2D eigenvalue weighted by Gasteiger charge is -2.34. The van der Waals surface area contributed by atoms with Gasteiger partial charge in [0.05, 0.1) is 24.2 Å². The second-order valence-electron chi connectivity index (χ2n) is 7.89. The molecule has 0 bridgehead atoms. The van der Waals surface area contributed by atoms with Gasteiger partial charge in [-0.25, -0.2) is 4.99 Å². The van der Waals surface area contributed by atoms with Crippen molar-refractivity contribution in [3.63, 3.8) is 0 Å². The molecule has 0 saturated carbocycles. The van der Waals surface area contributed by atoms with Crippen LogP contribution < -0.4 is 10.6 Å². The predicted molar refractivity (Wildman–Crippen MR) is 140 cm³/mol. The molecule has 1 aliphatic rings. The molecule has 1 aromatic rings. The monoisotopic (exact) mass is 565 g/mol. The Morgan fingerprint density at radius 2 is 2.10 bits per heavy atom. The molecule has 0 aliphatic carbocycles. The maximum absolute atomic E-state index is 10.8. The number of thioether (sulfide) groups is 1. The van der Waals surface area contributed by atoms with Crippen LogP contribution in [0.25, 0.3) is 0 Å². The average molecular weight is 566 g/mol. The van der Waals surface area contributed by atoms with Crippen LogP contribution in [0.3, 0.4) is 0 Å². The molecule has 1 atom stereocenters. The third-order valence-electron chi connectivity index (χ3n) is 4.73. The molecule has 176 valence electrons. The van der Waals surface area contributed by atoms with Crippen LogP contribution in [-0.2, 0) is 11.3 Å². The SMILES string of the molecule is CSCCCNC(=NCc1ccc([N+](=O)[O-])cc1)NCC1CN(CC(C)C)CCO1.I. The van der Waals surface area contributed by atoms with Gasteiger partial charge in [0, 0.05) is 44.9 Å². The second-order valence-corrected chi connectivity index (χ2v) is 8.87. The number of rotatable bonds is 11. The van der Waals surface area contributed by atoms with Gasteiger partial charge in [-0.05, 0) is 29.9 Å². The Kier molecular flexibility index (Phi) is 14.1. The molecule has 1 fully saturated rings. The number of hydrogen-bond acceptors (Lipinski definition) is 6. The first kappa shape index (κ1) is 27.9. The van der Waals surface area contributed by atoms with Crippen molar-refractivity contribution in [2.75, 3.05) is 51.3 Å². The highest BCUT2D eigenvalue weighted by molar-refractivity contribution is 14.0. The molecule has 0 radical (unpaired) electrons. The molecular formula is C21H36IN5O3S. The number of nitrogens with zero attached hydrogens (tertiary/aromatic N) is 3. The molecule has 1 aromatic carbocycles. The third-order valence-corrected chi connectivity index (χ3v) is 5.42. The van der Waals surface area contributed by atoms with Crippen LogP contribution in [0.5, 0.6) is 0 Å². The molecule has 10 heteroatoms. The number of guanidine groups is 1. The maximum Gasteiger partial charge on any atom is 0.269 e. The first-order valence-electron chi connectivity index (χ1n) is 10.6. The Hall–Kier alpha value is -1.11. The van der Waals surface area contributed by atoms with Gasteiger partial charge < -0.3 is 15.4 Å². The van der Waals surface area contributed by atoms with Crippen molar-refractivity contribution in [1.82, 2.24) is 15.5 Å². The number of nitro benzene ring substituents is 1. The van der Waals surface area contributed by atoms with E-state index in [0.717, 1.165) is 56.5 Å². The second kappa shape index (κ2) is 15.7. The Morgan fingerprint density at radius 1 is 1.35 bits per heavy atom. The number of nitrogens with one attached hydrogen (secondary N) is 2. The number of morpholine rings is 1. The minimum Gasteiger partial charge on any atom is -0.374 e. The van der Waals surface area contributed by atoms with Crippen molar-refractivity contribution >= 4 is 47.4 Å². The highest BCUT2D eigenvalue weighted by Crippen LogP contribution is 2.12. The predicted octanol–water partition coefficient (Wildman–Crippen LogP) is 3.36. The van der Waals surface area contributed by atoms with Gasteiger partial charge in [-0.15, -0.1) is 24.0 Å². The average Bonchev–Trinajstić information content (AvgIpc) is 2.72. The topological polar surface area (TPSA) is 92.0 Å². The lowest BCUT2D eigenvalue weighted by atomic mass is 10.2. The molecule has 1 saturated heterocycles. The number of benzene rings is 1. The lowest BCUT2D eigenvalue weighted by molar-refractivity contribution is -0.384. The summed E-state index contributed by atoms with van der Waals surface area (Å²) < 4.78 is 5.93. The van der Waals surface area contributed by atoms with E-state index in [1.165, 1.54) is 12.1 Å². The summed E-state index contributed by atoms with van der Waals surface area (Å²) in [7, 11) is 0. The highest BCUT2D eigenvalue weighted by Gasteiger charge is 2.21. The molecule has 2 rings (SSSR count). The van der Waals surface area contributed by atoms with Crippen LogP contribution in [0.2, 0.25) is 0 Å². The van der Waals surface area contributed by atoms with Crippen molar-refractivity contribution < 1.29 is 9.66 Å². The quantitative estimate of drug-likeness (QED) is 0.106. The molecular weight excluding hydrogens is 529 g/mol. The minimum atomic E-state index is -0.389. The van der Waals surface area contributed by atoms with E-state index in [1.807, 2.05) is 11.8 Å². The van der Waals surface area contributed by atoms with Gasteiger partial charge in [-0.2, -0.15) is 11.8 Å². The molecule has 0 amide bonds. The number of aliphatic imine (C=N–C) groups is 1. The van der Waals surface area contributed by atoms with Crippen LogP contribution in [0.1, 0.15) is 25.8 Å². The highest BCUT2D eigenvalue weighted by atomic mass is 127. The summed E-state index contributed by atoms with van der Waals surface area (Å²) in [5, 5.41) is 17.6. The number of halogens is 1. The molecule has 0 spiro atoms. The zero-order chi connectivity index (χ0) is 21.8. The van der Waals surface area contributed by atoms with E-state index in [-0.39, 0.29) is 40.7 Å². The summed E-state index contributed by atoms with van der Waals surface area (Å²) in [5.74, 6) is 2.49. The van der Waals surface area contributed by atoms with Gasteiger partial charge in [0.25, 0.3) is 5.69 Å². The van der Waals surface area contributed by atoms with Gasteiger partial charge in [0.1, 0.15) is 0 Å². The minimum absolute atomic E-state index is 0. The van der Waals surface area contributed by atoms with Gasteiger partial charge >= 0.3 is 0 Å². The van der Waals surface area contributed by atoms with E-state index in [2.05, 4.69) is 40.6 Å². The zero-order valence-corrected chi connectivity index (χ0v) is 21.9. The Balaban J connectivity index is 0.00000480. The summed E-state index contributed by atoms with van der Waals surface area (Å²) in [4.78, 5) is 17.5. The van der Waals surface area contributed by atoms with Gasteiger partial charge in [0.15, 0.2) is 5.96 Å². The van der Waals surface area contributed by atoms with Crippen molar-refractivity contribution in [3.05, 3.63) is 39.9 Å². The molecule has 1 heterocycles. The Morgan fingerprint density at radius 3 is 2.74 bits per heavy atom. The van der Waals surface area contributed by atoms with E-state index in [9.17, 15) is 10.1 Å². The fourth-order valence-corrected chi connectivity index (χ4v) is 3.72. The number of ether oxygens (including phenoxy) is 1. The fraction of sp³-hybridized carbons (Fsp3) is 0.667. The summed E-state index contributed by atoms with van der Waals surface area (Å²) >= 11 is 1.83. The standard InChI is InChI=1S/C21H35N5O3S.HI/c1-17(2)15-25-10-11-29-20(16-25)14-24-21(22-9-4-12-30-3)23-13-18-5-7-19(8-6-18)26(27)28;/h5-8,17,20H,4,9-16H2,1-3H3,(H2,22,23,24);1H. The normalized spacial score (nSPS) is 17.3. The summed E-state index contributed by atoms with van der Waals surface area (Å²) in [6.45, 7) is 10.2. The van der Waals surface area contributed by atoms with Crippen LogP contribution in [0.4, 0.5) is 5.69 Å². The zero-order valence-electron chi connectivity index (χ0n) is 18.7. The lowest BCUT2D eigenvalue weighted by Crippen LogP contribution is -2.50. The van der Waals surface area contributed by atoms with Crippen LogP contribution in [0.15, 0.2) is 29.3 Å². The number of hydrogen-bond donors (Lipinski definition) is 2. The number of non-ortho nitro benzene ring substituents is 1. The van der Waals surface area contributed by atoms with E-state index >= 15 is 0 Å². The summed E-state index contributed by atoms with van der Waals surface area (Å²) in [6.07, 6.45) is 3.29. The maximum atomic E-state index is 10.8. The molecule has 2 N–H and O–H groups in total. The summed E-state index contributed by atoms with van der Waals surface area (Å²) in [6, 6.07) is 6.54. The molecule has 1 aliphatic heterocycles. The van der Waals surface area contributed by atoms with Gasteiger partial charge in [-0.3, -0.25) is 15.0 Å². The van der Waals surface area contributed by atoms with Gasteiger partial charge in [0.2, 0.25) is 0 Å². The molecule has 1 unspecified atom stereocenters. The Bertz CT molecular complexity index is 675. The molecule has 0 aromatic heterocycles. The largest absolute Gasteiger partial charge is 0.374 e. The number of nitro groups is 1. The smallest absolute Gasteiger partial charge is 0.269 e. The first-order chi connectivity index (χ1) is 14.5. The van der Waals surface area contributed by atoms with E-state index < -0.39 is 0 Å². The molecule has 31 heavy (non-hydrogen) atoms. The Labute approximate surface area is 207 Å². The van der Waals surface area contributed by atoms with Crippen molar-refractivity contribution in [2.24, 2.45) is 10.9 Å².